The molecular formula is C16H25ClN2S. The Labute approximate surface area is 132 Å². The standard InChI is InChI=1S/C16H25ClN2S/c1-4-13(18)10-14-15(17)6-5-7-16(14)19-8-9-20-12(3)11(19)2/h5-7,11-13H,4,8-10,18H2,1-3H3. The van der Waals surface area contributed by atoms with Crippen molar-refractivity contribution in [3.8, 4) is 0 Å². The van der Waals surface area contributed by atoms with E-state index in [0.717, 1.165) is 24.4 Å². The molecular weight excluding hydrogens is 288 g/mol. The van der Waals surface area contributed by atoms with Crippen LogP contribution in [0.5, 0.6) is 0 Å². The number of anilines is 1. The minimum Gasteiger partial charge on any atom is -0.367 e. The highest BCUT2D eigenvalue weighted by atomic mass is 35.5. The first kappa shape index (κ1) is 16.0. The first-order valence-corrected chi connectivity index (χ1v) is 8.88. The van der Waals surface area contributed by atoms with Gasteiger partial charge in [-0.15, -0.1) is 0 Å². The van der Waals surface area contributed by atoms with E-state index in [1.165, 1.54) is 17.0 Å². The Bertz CT molecular complexity index is 452. The zero-order chi connectivity index (χ0) is 14.7. The van der Waals surface area contributed by atoms with Crippen LogP contribution < -0.4 is 10.6 Å². The molecule has 0 amide bonds. The van der Waals surface area contributed by atoms with Crippen LogP contribution in [-0.2, 0) is 6.42 Å². The SMILES string of the molecule is CCC(N)Cc1c(Cl)cccc1N1CCSC(C)C1C. The van der Waals surface area contributed by atoms with Crippen LogP contribution in [0.3, 0.4) is 0 Å². The van der Waals surface area contributed by atoms with Gasteiger partial charge in [0.15, 0.2) is 0 Å². The summed E-state index contributed by atoms with van der Waals surface area (Å²) in [6.07, 6.45) is 1.84. The molecule has 2 nitrogen and oxygen atoms in total. The van der Waals surface area contributed by atoms with Gasteiger partial charge in [-0.3, -0.25) is 0 Å². The molecule has 3 atom stereocenters. The zero-order valence-electron chi connectivity index (χ0n) is 12.6. The molecule has 3 unspecified atom stereocenters. The average molecular weight is 313 g/mol. The third-order valence-corrected chi connectivity index (χ3v) is 5.97. The van der Waals surface area contributed by atoms with Gasteiger partial charge in [-0.2, -0.15) is 11.8 Å². The topological polar surface area (TPSA) is 29.3 Å². The molecule has 1 aromatic carbocycles. The van der Waals surface area contributed by atoms with Crippen molar-refractivity contribution >= 4 is 29.1 Å². The van der Waals surface area contributed by atoms with Gasteiger partial charge < -0.3 is 10.6 Å². The van der Waals surface area contributed by atoms with Crippen molar-refractivity contribution in [1.29, 1.82) is 0 Å². The highest BCUT2D eigenvalue weighted by Crippen LogP contribution is 2.34. The molecule has 1 fully saturated rings. The van der Waals surface area contributed by atoms with E-state index in [1.54, 1.807) is 0 Å². The van der Waals surface area contributed by atoms with Gasteiger partial charge in [0, 0.05) is 40.3 Å². The molecule has 0 spiro atoms. The maximum absolute atomic E-state index is 6.45. The summed E-state index contributed by atoms with van der Waals surface area (Å²) in [5.74, 6) is 1.18. The molecule has 0 bridgehead atoms. The summed E-state index contributed by atoms with van der Waals surface area (Å²) in [7, 11) is 0. The molecule has 1 aliphatic heterocycles. The van der Waals surface area contributed by atoms with Gasteiger partial charge in [0.05, 0.1) is 0 Å². The number of nitrogens with zero attached hydrogens (tertiary/aromatic N) is 1. The van der Waals surface area contributed by atoms with Crippen LogP contribution in [0, 0.1) is 0 Å². The average Bonchev–Trinajstić information content (AvgIpc) is 2.44. The minimum atomic E-state index is 0.181. The smallest absolute Gasteiger partial charge is 0.0459 e. The second-order valence-electron chi connectivity index (χ2n) is 5.62. The fourth-order valence-corrected chi connectivity index (χ4v) is 4.04. The third kappa shape index (κ3) is 3.44. The van der Waals surface area contributed by atoms with Gasteiger partial charge >= 0.3 is 0 Å². The number of hydrogen-bond acceptors (Lipinski definition) is 3. The van der Waals surface area contributed by atoms with E-state index in [2.05, 4.69) is 49.6 Å². The van der Waals surface area contributed by atoms with Gasteiger partial charge in [0.1, 0.15) is 0 Å². The van der Waals surface area contributed by atoms with Crippen LogP contribution in [0.2, 0.25) is 5.02 Å². The van der Waals surface area contributed by atoms with E-state index < -0.39 is 0 Å². The van der Waals surface area contributed by atoms with Crippen molar-refractivity contribution in [2.24, 2.45) is 5.73 Å². The first-order valence-electron chi connectivity index (χ1n) is 7.45. The van der Waals surface area contributed by atoms with Gasteiger partial charge in [-0.05, 0) is 37.5 Å². The molecule has 0 aliphatic carbocycles. The van der Waals surface area contributed by atoms with Crippen molar-refractivity contribution in [1.82, 2.24) is 0 Å². The Kier molecular flexibility index (Phi) is 5.65. The van der Waals surface area contributed by atoms with Crippen LogP contribution in [0.25, 0.3) is 0 Å². The maximum atomic E-state index is 6.45. The second-order valence-corrected chi connectivity index (χ2v) is 7.51. The molecule has 1 saturated heterocycles. The van der Waals surface area contributed by atoms with Crippen LogP contribution in [0.15, 0.2) is 18.2 Å². The van der Waals surface area contributed by atoms with Crippen LogP contribution in [0.4, 0.5) is 5.69 Å². The van der Waals surface area contributed by atoms with E-state index in [0.29, 0.717) is 11.3 Å². The lowest BCUT2D eigenvalue weighted by Crippen LogP contribution is -2.45. The predicted molar refractivity (Wildman–Crippen MR) is 92.2 cm³/mol. The number of benzene rings is 1. The van der Waals surface area contributed by atoms with Gasteiger partial charge in [-0.25, -0.2) is 0 Å². The van der Waals surface area contributed by atoms with Crippen LogP contribution in [0.1, 0.15) is 32.8 Å². The molecule has 1 heterocycles. The summed E-state index contributed by atoms with van der Waals surface area (Å²) < 4.78 is 0. The molecule has 1 aliphatic rings. The predicted octanol–water partition coefficient (Wildman–Crippen LogP) is 3.95. The monoisotopic (exact) mass is 312 g/mol. The Morgan fingerprint density at radius 3 is 2.90 bits per heavy atom. The van der Waals surface area contributed by atoms with Crippen molar-refractivity contribution in [2.75, 3.05) is 17.2 Å². The van der Waals surface area contributed by atoms with Gasteiger partial charge in [-0.1, -0.05) is 31.5 Å². The summed E-state index contributed by atoms with van der Waals surface area (Å²) in [6, 6.07) is 6.94. The molecule has 2 N–H and O–H groups in total. The number of halogens is 1. The molecule has 0 aromatic heterocycles. The zero-order valence-corrected chi connectivity index (χ0v) is 14.2. The molecule has 0 radical (unpaired) electrons. The van der Waals surface area contributed by atoms with E-state index in [1.807, 2.05) is 6.07 Å². The maximum Gasteiger partial charge on any atom is 0.0459 e. The molecule has 4 heteroatoms. The van der Waals surface area contributed by atoms with Gasteiger partial charge in [0.25, 0.3) is 0 Å². The fraction of sp³-hybridized carbons (Fsp3) is 0.625. The molecule has 0 saturated carbocycles. The number of thioether (sulfide) groups is 1. The van der Waals surface area contributed by atoms with Crippen molar-refractivity contribution < 1.29 is 0 Å². The molecule has 112 valence electrons. The summed E-state index contributed by atoms with van der Waals surface area (Å²) in [6.45, 7) is 7.83. The molecule has 1 aromatic rings. The minimum absolute atomic E-state index is 0.181. The third-order valence-electron chi connectivity index (χ3n) is 4.28. The summed E-state index contributed by atoms with van der Waals surface area (Å²) in [4.78, 5) is 2.50. The second kappa shape index (κ2) is 7.06. The first-order chi connectivity index (χ1) is 9.54. The Morgan fingerprint density at radius 1 is 1.45 bits per heavy atom. The Morgan fingerprint density at radius 2 is 2.20 bits per heavy atom. The highest BCUT2D eigenvalue weighted by Gasteiger charge is 2.27. The van der Waals surface area contributed by atoms with Gasteiger partial charge in [0.2, 0.25) is 0 Å². The normalized spacial score (nSPS) is 24.8. The Balaban J connectivity index is 2.32. The van der Waals surface area contributed by atoms with Crippen molar-refractivity contribution in [2.45, 2.75) is 50.9 Å². The van der Waals surface area contributed by atoms with Crippen molar-refractivity contribution in [3.05, 3.63) is 28.8 Å². The Hall–Kier alpha value is -0.380. The van der Waals surface area contributed by atoms with Crippen LogP contribution >= 0.6 is 23.4 Å². The lowest BCUT2D eigenvalue weighted by Gasteiger charge is -2.40. The number of nitrogens with two attached hydrogens (primary N) is 1. The van der Waals surface area contributed by atoms with Crippen LogP contribution in [-0.4, -0.2) is 29.6 Å². The molecule has 2 rings (SSSR count). The van der Waals surface area contributed by atoms with Crippen molar-refractivity contribution in [3.63, 3.8) is 0 Å². The lowest BCUT2D eigenvalue weighted by molar-refractivity contribution is 0.613. The summed E-state index contributed by atoms with van der Waals surface area (Å²) in [5.41, 5.74) is 8.65. The number of rotatable bonds is 4. The number of hydrogen-bond donors (Lipinski definition) is 1. The lowest BCUT2D eigenvalue weighted by atomic mass is 10.0. The molecule has 20 heavy (non-hydrogen) atoms. The highest BCUT2D eigenvalue weighted by molar-refractivity contribution is 8.00. The van der Waals surface area contributed by atoms with E-state index in [-0.39, 0.29) is 6.04 Å². The quantitative estimate of drug-likeness (QED) is 0.912. The van der Waals surface area contributed by atoms with E-state index in [9.17, 15) is 0 Å². The largest absolute Gasteiger partial charge is 0.367 e. The van der Waals surface area contributed by atoms with E-state index >= 15 is 0 Å². The fourth-order valence-electron chi connectivity index (χ4n) is 2.70. The summed E-state index contributed by atoms with van der Waals surface area (Å²) >= 11 is 8.50. The van der Waals surface area contributed by atoms with E-state index in [4.69, 9.17) is 17.3 Å². The summed E-state index contributed by atoms with van der Waals surface area (Å²) in [5, 5.41) is 1.50.